The summed E-state index contributed by atoms with van der Waals surface area (Å²) in [4.78, 5) is 0. The molecule has 13 heavy (non-hydrogen) atoms. The predicted molar refractivity (Wildman–Crippen MR) is 52.2 cm³/mol. The Morgan fingerprint density at radius 3 is 2.23 bits per heavy atom. The quantitative estimate of drug-likeness (QED) is 0.670. The zero-order valence-corrected chi connectivity index (χ0v) is 8.84. The van der Waals surface area contributed by atoms with Gasteiger partial charge in [-0.05, 0) is 26.7 Å². The maximum Gasteiger partial charge on any atom is 0.149 e. The molecule has 1 aliphatic rings. The lowest BCUT2D eigenvalue weighted by Crippen LogP contribution is -2.33. The van der Waals surface area contributed by atoms with Gasteiger partial charge in [-0.2, -0.15) is 5.26 Å². The third-order valence-electron chi connectivity index (χ3n) is 2.90. The maximum atomic E-state index is 9.03. The van der Waals surface area contributed by atoms with Gasteiger partial charge in [0.1, 0.15) is 6.10 Å². The first-order valence-electron chi connectivity index (χ1n) is 5.13. The van der Waals surface area contributed by atoms with Crippen molar-refractivity contribution in [2.45, 2.75) is 58.7 Å². The van der Waals surface area contributed by atoms with Crippen LogP contribution in [0.15, 0.2) is 0 Å². The van der Waals surface area contributed by atoms with Crippen LogP contribution in [0.5, 0.6) is 0 Å². The SMILES string of the molecule is CC(C)OC(C#N)C1(C)CCCC1. The summed E-state index contributed by atoms with van der Waals surface area (Å²) in [6.45, 7) is 6.15. The molecule has 2 nitrogen and oxygen atoms in total. The zero-order valence-electron chi connectivity index (χ0n) is 8.84. The van der Waals surface area contributed by atoms with Crippen molar-refractivity contribution >= 4 is 0 Å². The van der Waals surface area contributed by atoms with Crippen molar-refractivity contribution in [2.75, 3.05) is 0 Å². The molecular weight excluding hydrogens is 162 g/mol. The summed E-state index contributed by atoms with van der Waals surface area (Å²) in [5, 5.41) is 9.03. The minimum atomic E-state index is -0.213. The molecular formula is C11H19NO. The maximum absolute atomic E-state index is 9.03. The molecule has 1 unspecified atom stereocenters. The standard InChI is InChI=1S/C11H19NO/c1-9(2)13-10(8-12)11(3)6-4-5-7-11/h9-10H,4-7H2,1-3H3. The van der Waals surface area contributed by atoms with Crippen molar-refractivity contribution in [2.24, 2.45) is 5.41 Å². The van der Waals surface area contributed by atoms with E-state index in [-0.39, 0.29) is 17.6 Å². The second-order valence-corrected chi connectivity index (χ2v) is 4.56. The summed E-state index contributed by atoms with van der Waals surface area (Å²) >= 11 is 0. The molecule has 0 aromatic carbocycles. The van der Waals surface area contributed by atoms with Gasteiger partial charge in [-0.15, -0.1) is 0 Å². The number of ether oxygens (including phenoxy) is 1. The molecule has 0 aliphatic heterocycles. The lowest BCUT2D eigenvalue weighted by atomic mass is 9.83. The molecule has 0 saturated heterocycles. The van der Waals surface area contributed by atoms with Gasteiger partial charge >= 0.3 is 0 Å². The summed E-state index contributed by atoms with van der Waals surface area (Å²) in [6, 6.07) is 2.29. The van der Waals surface area contributed by atoms with Crippen LogP contribution in [0.1, 0.15) is 46.5 Å². The Morgan fingerprint density at radius 1 is 1.31 bits per heavy atom. The molecule has 1 rings (SSSR count). The number of rotatable bonds is 3. The van der Waals surface area contributed by atoms with Crippen molar-refractivity contribution in [3.05, 3.63) is 0 Å². The van der Waals surface area contributed by atoms with Crippen molar-refractivity contribution < 1.29 is 4.74 Å². The first-order chi connectivity index (χ1) is 6.08. The fourth-order valence-corrected chi connectivity index (χ4v) is 2.07. The second-order valence-electron chi connectivity index (χ2n) is 4.56. The van der Waals surface area contributed by atoms with Gasteiger partial charge in [-0.25, -0.2) is 0 Å². The molecule has 1 fully saturated rings. The third-order valence-corrected chi connectivity index (χ3v) is 2.90. The van der Waals surface area contributed by atoms with Gasteiger partial charge in [0.2, 0.25) is 0 Å². The fourth-order valence-electron chi connectivity index (χ4n) is 2.07. The topological polar surface area (TPSA) is 33.0 Å². The largest absolute Gasteiger partial charge is 0.360 e. The minimum absolute atomic E-state index is 0.110. The number of nitriles is 1. The average Bonchev–Trinajstić information content (AvgIpc) is 2.48. The second kappa shape index (κ2) is 4.11. The minimum Gasteiger partial charge on any atom is -0.360 e. The van der Waals surface area contributed by atoms with E-state index >= 15 is 0 Å². The van der Waals surface area contributed by atoms with E-state index in [9.17, 15) is 0 Å². The Hall–Kier alpha value is -0.550. The van der Waals surface area contributed by atoms with Gasteiger partial charge in [0.05, 0.1) is 12.2 Å². The molecule has 1 aliphatic carbocycles. The summed E-state index contributed by atoms with van der Waals surface area (Å²) in [5.41, 5.74) is 0.110. The van der Waals surface area contributed by atoms with Crippen LogP contribution < -0.4 is 0 Å². The van der Waals surface area contributed by atoms with Gasteiger partial charge in [-0.3, -0.25) is 0 Å². The van der Waals surface area contributed by atoms with Gasteiger partial charge < -0.3 is 4.74 Å². The molecule has 1 saturated carbocycles. The van der Waals surface area contributed by atoms with E-state index in [0.29, 0.717) is 0 Å². The van der Waals surface area contributed by atoms with Gasteiger partial charge in [0.25, 0.3) is 0 Å². The summed E-state index contributed by atoms with van der Waals surface area (Å²) in [6.07, 6.45) is 4.71. The Labute approximate surface area is 80.9 Å². The highest BCUT2D eigenvalue weighted by Gasteiger charge is 2.38. The van der Waals surface area contributed by atoms with Gasteiger partial charge in [0, 0.05) is 5.41 Å². The molecule has 0 N–H and O–H groups in total. The van der Waals surface area contributed by atoms with E-state index in [1.807, 2.05) is 13.8 Å². The lowest BCUT2D eigenvalue weighted by Gasteiger charge is -2.30. The Morgan fingerprint density at radius 2 is 1.85 bits per heavy atom. The van der Waals surface area contributed by atoms with Crippen LogP contribution in [0.2, 0.25) is 0 Å². The fraction of sp³-hybridized carbons (Fsp3) is 0.909. The van der Waals surface area contributed by atoms with E-state index < -0.39 is 0 Å². The van der Waals surface area contributed by atoms with E-state index in [2.05, 4.69) is 13.0 Å². The molecule has 0 aromatic heterocycles. The van der Waals surface area contributed by atoms with Gasteiger partial charge in [0.15, 0.2) is 0 Å². The van der Waals surface area contributed by atoms with Crippen LogP contribution in [0.25, 0.3) is 0 Å². The molecule has 0 heterocycles. The van der Waals surface area contributed by atoms with Crippen LogP contribution in [0, 0.1) is 16.7 Å². The molecule has 74 valence electrons. The molecule has 2 heteroatoms. The van der Waals surface area contributed by atoms with Crippen LogP contribution in [0.3, 0.4) is 0 Å². The van der Waals surface area contributed by atoms with Crippen LogP contribution in [-0.4, -0.2) is 12.2 Å². The van der Waals surface area contributed by atoms with Gasteiger partial charge in [-0.1, -0.05) is 19.8 Å². The predicted octanol–water partition coefficient (Wildman–Crippen LogP) is 2.88. The van der Waals surface area contributed by atoms with E-state index in [0.717, 1.165) is 12.8 Å². The Bertz CT molecular complexity index is 199. The van der Waals surface area contributed by atoms with Crippen LogP contribution in [0.4, 0.5) is 0 Å². The molecule has 0 amide bonds. The Balaban J connectivity index is 2.60. The first-order valence-corrected chi connectivity index (χ1v) is 5.13. The van der Waals surface area contributed by atoms with Crippen LogP contribution in [-0.2, 0) is 4.74 Å². The molecule has 0 aromatic rings. The van der Waals surface area contributed by atoms with Crippen molar-refractivity contribution in [3.8, 4) is 6.07 Å². The van der Waals surface area contributed by atoms with E-state index in [4.69, 9.17) is 10.00 Å². The highest BCUT2D eigenvalue weighted by molar-refractivity contribution is 5.00. The van der Waals surface area contributed by atoms with E-state index in [1.165, 1.54) is 12.8 Å². The lowest BCUT2D eigenvalue weighted by molar-refractivity contribution is -0.0291. The molecule has 0 radical (unpaired) electrons. The molecule has 0 spiro atoms. The molecule has 1 atom stereocenters. The van der Waals surface area contributed by atoms with Crippen molar-refractivity contribution in [1.82, 2.24) is 0 Å². The normalized spacial score (nSPS) is 23.0. The van der Waals surface area contributed by atoms with Crippen molar-refractivity contribution in [1.29, 1.82) is 5.26 Å². The average molecular weight is 181 g/mol. The smallest absolute Gasteiger partial charge is 0.149 e. The monoisotopic (exact) mass is 181 g/mol. The third kappa shape index (κ3) is 2.45. The summed E-state index contributed by atoms with van der Waals surface area (Å²) in [5.74, 6) is 0. The summed E-state index contributed by atoms with van der Waals surface area (Å²) in [7, 11) is 0. The number of hydrogen-bond acceptors (Lipinski definition) is 2. The van der Waals surface area contributed by atoms with E-state index in [1.54, 1.807) is 0 Å². The zero-order chi connectivity index (χ0) is 9.90. The van der Waals surface area contributed by atoms with Crippen LogP contribution >= 0.6 is 0 Å². The first kappa shape index (κ1) is 10.5. The van der Waals surface area contributed by atoms with Crippen molar-refractivity contribution in [3.63, 3.8) is 0 Å². The number of nitrogens with zero attached hydrogens (tertiary/aromatic N) is 1. The highest BCUT2D eigenvalue weighted by Crippen LogP contribution is 2.41. The summed E-state index contributed by atoms with van der Waals surface area (Å²) < 4.78 is 5.63. The number of hydrogen-bond donors (Lipinski definition) is 0. The molecule has 0 bridgehead atoms. The highest BCUT2D eigenvalue weighted by atomic mass is 16.5. The Kier molecular flexibility index (Phi) is 3.33.